The molecule has 0 aliphatic rings. The molecule has 2 aromatic rings. The molecule has 0 fully saturated rings. The zero-order valence-corrected chi connectivity index (χ0v) is 14.9. The summed E-state index contributed by atoms with van der Waals surface area (Å²) in [4.78, 5) is 27.2. The summed E-state index contributed by atoms with van der Waals surface area (Å²) in [7, 11) is 0. The Balaban J connectivity index is 2.11. The zero-order chi connectivity index (χ0) is 17.7. The molecule has 0 atom stereocenters. The molecular formula is C15H18BrN5O3. The molecule has 9 heteroatoms. The van der Waals surface area contributed by atoms with Gasteiger partial charge in [0.15, 0.2) is 5.82 Å². The van der Waals surface area contributed by atoms with Crippen molar-refractivity contribution in [2.24, 2.45) is 0 Å². The molecule has 0 saturated carbocycles. The smallest absolute Gasteiger partial charge is 0.319 e. The fourth-order valence-electron chi connectivity index (χ4n) is 2.04. The van der Waals surface area contributed by atoms with Crippen molar-refractivity contribution in [1.29, 1.82) is 0 Å². The molecule has 0 spiro atoms. The van der Waals surface area contributed by atoms with E-state index in [9.17, 15) is 9.59 Å². The van der Waals surface area contributed by atoms with Gasteiger partial charge in [-0.05, 0) is 48.3 Å². The fourth-order valence-corrected chi connectivity index (χ4v) is 2.37. The highest BCUT2D eigenvalue weighted by Gasteiger charge is 2.22. The molecule has 128 valence electrons. The van der Waals surface area contributed by atoms with Crippen molar-refractivity contribution < 1.29 is 14.7 Å². The van der Waals surface area contributed by atoms with E-state index in [1.54, 1.807) is 44.6 Å². The number of carbonyl (C=O) groups is 2. The number of rotatable bonds is 6. The predicted molar refractivity (Wildman–Crippen MR) is 92.2 cm³/mol. The van der Waals surface area contributed by atoms with Crippen LogP contribution in [-0.2, 0) is 4.79 Å². The first kappa shape index (κ1) is 17.9. The van der Waals surface area contributed by atoms with Crippen molar-refractivity contribution in [1.82, 2.24) is 20.1 Å². The Morgan fingerprint density at radius 2 is 2.17 bits per heavy atom. The lowest BCUT2D eigenvalue weighted by Crippen LogP contribution is -2.45. The molecule has 2 amide bonds. The molecule has 0 aliphatic carbocycles. The number of carboxylic acids is 1. The Labute approximate surface area is 147 Å². The number of carboxylic acid groups (broad SMARTS) is 1. The maximum atomic E-state index is 12.3. The van der Waals surface area contributed by atoms with E-state index in [4.69, 9.17) is 5.11 Å². The summed E-state index contributed by atoms with van der Waals surface area (Å²) < 4.78 is 2.25. The van der Waals surface area contributed by atoms with Gasteiger partial charge in [0, 0.05) is 35.0 Å². The number of aliphatic carboxylic acids is 1. The van der Waals surface area contributed by atoms with E-state index < -0.39 is 17.5 Å². The average molecular weight is 396 g/mol. The third kappa shape index (κ3) is 5.05. The fraction of sp³-hybridized carbons (Fsp3) is 0.333. The zero-order valence-electron chi connectivity index (χ0n) is 13.3. The molecule has 0 saturated heterocycles. The number of nitrogens with one attached hydrogen (secondary N) is 2. The van der Waals surface area contributed by atoms with Gasteiger partial charge in [0.1, 0.15) is 0 Å². The lowest BCUT2D eigenvalue weighted by molar-refractivity contribution is -0.137. The van der Waals surface area contributed by atoms with Gasteiger partial charge in [0.25, 0.3) is 0 Å². The second kappa shape index (κ2) is 7.43. The van der Waals surface area contributed by atoms with Crippen LogP contribution < -0.4 is 10.6 Å². The standard InChI is InChI=1S/C15H18BrN5O3/c1-15(2,5-4-12(22)23)20-14(24)19-11-8-10(16)9-17-13(11)21-7-3-6-18-21/h3,6-9H,4-5H2,1-2H3,(H,22,23)(H2,19,20,24). The minimum atomic E-state index is -0.901. The lowest BCUT2D eigenvalue weighted by Gasteiger charge is -2.26. The minimum Gasteiger partial charge on any atom is -0.481 e. The van der Waals surface area contributed by atoms with Crippen LogP contribution in [0.3, 0.4) is 0 Å². The predicted octanol–water partition coefficient (Wildman–Crippen LogP) is 2.79. The van der Waals surface area contributed by atoms with Crippen LogP contribution in [0.25, 0.3) is 5.82 Å². The Morgan fingerprint density at radius 3 is 2.79 bits per heavy atom. The quantitative estimate of drug-likeness (QED) is 0.696. The molecule has 0 radical (unpaired) electrons. The van der Waals surface area contributed by atoms with Crippen LogP contribution in [0.5, 0.6) is 0 Å². The molecule has 24 heavy (non-hydrogen) atoms. The van der Waals surface area contributed by atoms with Gasteiger partial charge >= 0.3 is 12.0 Å². The molecular weight excluding hydrogens is 378 g/mol. The van der Waals surface area contributed by atoms with Gasteiger partial charge in [-0.25, -0.2) is 14.5 Å². The number of urea groups is 1. The summed E-state index contributed by atoms with van der Waals surface area (Å²) in [5.74, 6) is -0.427. The number of aromatic nitrogens is 3. The second-order valence-corrected chi connectivity index (χ2v) is 6.75. The molecule has 0 bridgehead atoms. The highest BCUT2D eigenvalue weighted by atomic mass is 79.9. The van der Waals surface area contributed by atoms with Crippen molar-refractivity contribution in [3.05, 3.63) is 35.2 Å². The van der Waals surface area contributed by atoms with Crippen LogP contribution in [0.1, 0.15) is 26.7 Å². The van der Waals surface area contributed by atoms with Gasteiger partial charge in [-0.15, -0.1) is 0 Å². The van der Waals surface area contributed by atoms with E-state index in [0.29, 0.717) is 22.4 Å². The van der Waals surface area contributed by atoms with E-state index in [1.807, 2.05) is 0 Å². The van der Waals surface area contributed by atoms with E-state index in [-0.39, 0.29) is 6.42 Å². The van der Waals surface area contributed by atoms with Crippen LogP contribution in [0.4, 0.5) is 10.5 Å². The molecule has 3 N–H and O–H groups in total. The van der Waals surface area contributed by atoms with E-state index in [0.717, 1.165) is 0 Å². The van der Waals surface area contributed by atoms with Gasteiger partial charge in [-0.2, -0.15) is 5.10 Å². The maximum absolute atomic E-state index is 12.3. The molecule has 8 nitrogen and oxygen atoms in total. The highest BCUT2D eigenvalue weighted by molar-refractivity contribution is 9.10. The molecule has 2 rings (SSSR count). The summed E-state index contributed by atoms with van der Waals surface area (Å²) >= 11 is 3.32. The summed E-state index contributed by atoms with van der Waals surface area (Å²) in [6.45, 7) is 3.53. The lowest BCUT2D eigenvalue weighted by atomic mass is 9.99. The van der Waals surface area contributed by atoms with E-state index in [2.05, 4.69) is 36.6 Å². The third-order valence-electron chi connectivity index (χ3n) is 3.22. The highest BCUT2D eigenvalue weighted by Crippen LogP contribution is 2.22. The Bertz CT molecular complexity index is 731. The summed E-state index contributed by atoms with van der Waals surface area (Å²) in [5, 5.41) is 18.4. The molecule has 2 aromatic heterocycles. The third-order valence-corrected chi connectivity index (χ3v) is 3.65. The van der Waals surface area contributed by atoms with Crippen LogP contribution in [0.2, 0.25) is 0 Å². The van der Waals surface area contributed by atoms with Crippen molar-refractivity contribution in [3.8, 4) is 5.82 Å². The van der Waals surface area contributed by atoms with Gasteiger partial charge in [0.05, 0.1) is 5.69 Å². The Morgan fingerprint density at radius 1 is 1.42 bits per heavy atom. The molecule has 0 aliphatic heterocycles. The van der Waals surface area contributed by atoms with Gasteiger partial charge < -0.3 is 15.7 Å². The van der Waals surface area contributed by atoms with Crippen LogP contribution >= 0.6 is 15.9 Å². The van der Waals surface area contributed by atoms with Crippen LogP contribution in [0.15, 0.2) is 35.2 Å². The van der Waals surface area contributed by atoms with Gasteiger partial charge in [-0.1, -0.05) is 0 Å². The number of amides is 2. The molecule has 2 heterocycles. The van der Waals surface area contributed by atoms with Crippen molar-refractivity contribution >= 4 is 33.6 Å². The molecule has 0 unspecified atom stereocenters. The summed E-state index contributed by atoms with van der Waals surface area (Å²) in [6, 6.07) is 3.02. The number of hydrogen-bond donors (Lipinski definition) is 3. The monoisotopic (exact) mass is 395 g/mol. The number of anilines is 1. The van der Waals surface area contributed by atoms with Crippen molar-refractivity contribution in [2.75, 3.05) is 5.32 Å². The van der Waals surface area contributed by atoms with Crippen molar-refractivity contribution in [3.63, 3.8) is 0 Å². The SMILES string of the molecule is CC(C)(CCC(=O)O)NC(=O)Nc1cc(Br)cnc1-n1cccn1. The number of pyridine rings is 1. The molecule has 0 aromatic carbocycles. The number of carbonyl (C=O) groups excluding carboxylic acids is 1. The van der Waals surface area contributed by atoms with E-state index >= 15 is 0 Å². The number of nitrogens with zero attached hydrogens (tertiary/aromatic N) is 3. The van der Waals surface area contributed by atoms with Crippen molar-refractivity contribution in [2.45, 2.75) is 32.2 Å². The number of hydrogen-bond acceptors (Lipinski definition) is 4. The summed E-state index contributed by atoms with van der Waals surface area (Å²) in [5.41, 5.74) is -0.187. The van der Waals surface area contributed by atoms with E-state index in [1.165, 1.54) is 4.68 Å². The normalized spacial score (nSPS) is 11.1. The van der Waals surface area contributed by atoms with Crippen LogP contribution in [0, 0.1) is 0 Å². The topological polar surface area (TPSA) is 109 Å². The second-order valence-electron chi connectivity index (χ2n) is 5.83. The number of halogens is 1. The maximum Gasteiger partial charge on any atom is 0.319 e. The minimum absolute atomic E-state index is 0.0236. The first-order valence-electron chi connectivity index (χ1n) is 7.23. The van der Waals surface area contributed by atoms with Crippen LogP contribution in [-0.4, -0.2) is 37.4 Å². The Kier molecular flexibility index (Phi) is 5.55. The first-order valence-corrected chi connectivity index (χ1v) is 8.03. The largest absolute Gasteiger partial charge is 0.481 e. The average Bonchev–Trinajstić information content (AvgIpc) is 2.99. The first-order chi connectivity index (χ1) is 11.3. The summed E-state index contributed by atoms with van der Waals surface area (Å²) in [6.07, 6.45) is 5.23. The Hall–Kier alpha value is -2.42. The van der Waals surface area contributed by atoms with Gasteiger partial charge in [0.2, 0.25) is 0 Å². The van der Waals surface area contributed by atoms with Gasteiger partial charge in [-0.3, -0.25) is 4.79 Å².